The van der Waals surface area contributed by atoms with Crippen molar-refractivity contribution in [1.29, 1.82) is 0 Å². The summed E-state index contributed by atoms with van der Waals surface area (Å²) in [4.78, 5) is 26.2. The number of aryl methyl sites for hydroxylation is 3. The molecule has 0 aliphatic heterocycles. The number of anilines is 1. The van der Waals surface area contributed by atoms with Crippen LogP contribution >= 0.6 is 0 Å². The van der Waals surface area contributed by atoms with Crippen LogP contribution in [-0.2, 0) is 16.1 Å². The molecule has 7 nitrogen and oxygen atoms in total. The van der Waals surface area contributed by atoms with Gasteiger partial charge in [0.2, 0.25) is 6.10 Å². The molecule has 1 amide bonds. The lowest BCUT2D eigenvalue weighted by molar-refractivity contribution is -0.125. The minimum absolute atomic E-state index is 0.307. The highest BCUT2D eigenvalue weighted by molar-refractivity contribution is 5.99. The van der Waals surface area contributed by atoms with Crippen molar-refractivity contribution in [2.45, 2.75) is 33.4 Å². The number of carbonyl (C=O) groups excluding carboxylic acids is 2. The number of rotatable bonds is 6. The number of hydrogen-bond acceptors (Lipinski definition) is 5. The Hall–Kier alpha value is -4.00. The summed E-state index contributed by atoms with van der Waals surface area (Å²) in [5.74, 6) is -1.03. The van der Waals surface area contributed by atoms with Gasteiger partial charge in [-0.3, -0.25) is 4.79 Å². The van der Waals surface area contributed by atoms with Crippen molar-refractivity contribution in [2.75, 3.05) is 5.32 Å². The summed E-state index contributed by atoms with van der Waals surface area (Å²) in [5.41, 5.74) is 4.94. The van der Waals surface area contributed by atoms with Crippen molar-refractivity contribution in [1.82, 2.24) is 15.0 Å². The first kappa shape index (κ1) is 21.2. The number of nitrogens with one attached hydrogen (secondary N) is 1. The summed E-state index contributed by atoms with van der Waals surface area (Å²) in [7, 11) is 0. The van der Waals surface area contributed by atoms with E-state index in [1.54, 1.807) is 47.1 Å². The minimum Gasteiger partial charge on any atom is -0.444 e. The van der Waals surface area contributed by atoms with E-state index in [1.165, 1.54) is 0 Å². The van der Waals surface area contributed by atoms with E-state index in [1.807, 2.05) is 45.0 Å². The number of carbonyl (C=O) groups is 2. The Kier molecular flexibility index (Phi) is 5.98. The van der Waals surface area contributed by atoms with E-state index in [4.69, 9.17) is 4.74 Å². The minimum atomic E-state index is -1.11. The van der Waals surface area contributed by atoms with Gasteiger partial charge in [-0.1, -0.05) is 47.7 Å². The molecule has 4 rings (SSSR count). The molecule has 1 heterocycles. The van der Waals surface area contributed by atoms with E-state index in [-0.39, 0.29) is 0 Å². The summed E-state index contributed by atoms with van der Waals surface area (Å²) in [5, 5.41) is 11.1. The summed E-state index contributed by atoms with van der Waals surface area (Å²) in [6.07, 6.45) is -1.11. The average Bonchev–Trinajstić information content (AvgIpc) is 3.22. The molecule has 0 radical (unpaired) electrons. The second kappa shape index (κ2) is 9.01. The molecule has 0 bridgehead atoms. The fourth-order valence-electron chi connectivity index (χ4n) is 3.48. The van der Waals surface area contributed by atoms with Crippen LogP contribution in [0.25, 0.3) is 11.0 Å². The zero-order valence-electron chi connectivity index (χ0n) is 18.2. The highest BCUT2D eigenvalue weighted by atomic mass is 16.5. The lowest BCUT2D eigenvalue weighted by Gasteiger charge is -2.19. The Balaban J connectivity index is 1.61. The van der Waals surface area contributed by atoms with Crippen molar-refractivity contribution in [3.63, 3.8) is 0 Å². The number of aromatic nitrogens is 3. The molecular formula is C25H24N4O3. The molecule has 3 aromatic carbocycles. The largest absolute Gasteiger partial charge is 0.444 e. The Morgan fingerprint density at radius 3 is 2.56 bits per heavy atom. The van der Waals surface area contributed by atoms with Gasteiger partial charge in [-0.15, -0.1) is 5.10 Å². The molecule has 4 aromatic rings. The second-order valence-electron chi connectivity index (χ2n) is 7.61. The Bertz CT molecular complexity index is 1280. The maximum Gasteiger partial charge on any atom is 0.339 e. The molecule has 7 heteroatoms. The van der Waals surface area contributed by atoms with Gasteiger partial charge in [0.05, 0.1) is 11.1 Å². The van der Waals surface area contributed by atoms with Gasteiger partial charge in [0.25, 0.3) is 5.91 Å². The molecule has 32 heavy (non-hydrogen) atoms. The number of ether oxygens (including phenoxy) is 1. The third-order valence-corrected chi connectivity index (χ3v) is 5.27. The van der Waals surface area contributed by atoms with E-state index in [0.29, 0.717) is 28.9 Å². The van der Waals surface area contributed by atoms with Crippen LogP contribution in [0.1, 0.15) is 40.1 Å². The lowest BCUT2D eigenvalue weighted by atomic mass is 10.1. The molecule has 1 N–H and O–H groups in total. The highest BCUT2D eigenvalue weighted by Crippen LogP contribution is 2.24. The van der Waals surface area contributed by atoms with E-state index in [0.717, 1.165) is 16.6 Å². The van der Waals surface area contributed by atoms with Gasteiger partial charge >= 0.3 is 5.97 Å². The monoisotopic (exact) mass is 428 g/mol. The van der Waals surface area contributed by atoms with E-state index in [2.05, 4.69) is 15.6 Å². The molecule has 1 atom stereocenters. The first-order chi connectivity index (χ1) is 15.5. The number of esters is 1. The number of nitrogens with zero attached hydrogens (tertiary/aromatic N) is 3. The fraction of sp³-hybridized carbons (Fsp3) is 0.200. The van der Waals surface area contributed by atoms with Gasteiger partial charge < -0.3 is 10.1 Å². The molecule has 0 aliphatic carbocycles. The van der Waals surface area contributed by atoms with Crippen LogP contribution in [0.4, 0.5) is 5.69 Å². The normalized spacial score (nSPS) is 11.8. The maximum absolute atomic E-state index is 13.2. The predicted octanol–water partition coefficient (Wildman–Crippen LogP) is 4.60. The van der Waals surface area contributed by atoms with Gasteiger partial charge in [0.1, 0.15) is 5.52 Å². The summed E-state index contributed by atoms with van der Waals surface area (Å²) in [6, 6.07) is 19.8. The summed E-state index contributed by atoms with van der Waals surface area (Å²) in [6.45, 7) is 6.51. The van der Waals surface area contributed by atoms with Crippen molar-refractivity contribution in [3.05, 3.63) is 89.0 Å². The Morgan fingerprint density at radius 1 is 1.03 bits per heavy atom. The van der Waals surface area contributed by atoms with Crippen LogP contribution in [0.2, 0.25) is 0 Å². The standard InChI is InChI=1S/C25H24N4O3/c1-4-29-22-13-12-19(15-21(22)27-28-29)25(31)32-23(18-8-6-5-7-9-18)24(30)26-20-14-16(2)10-11-17(20)3/h5-15,23H,4H2,1-3H3,(H,26,30)/t23-/m1/s1. The van der Waals surface area contributed by atoms with Crippen molar-refractivity contribution < 1.29 is 14.3 Å². The zero-order chi connectivity index (χ0) is 22.7. The SMILES string of the molecule is CCn1nnc2cc(C(=O)O[C@@H](C(=O)Nc3cc(C)ccc3C)c3ccccc3)ccc21. The van der Waals surface area contributed by atoms with Crippen LogP contribution in [0.5, 0.6) is 0 Å². The first-order valence-corrected chi connectivity index (χ1v) is 10.4. The van der Waals surface area contributed by atoms with Crippen LogP contribution < -0.4 is 5.32 Å². The topological polar surface area (TPSA) is 86.1 Å². The third-order valence-electron chi connectivity index (χ3n) is 5.27. The van der Waals surface area contributed by atoms with Crippen molar-refractivity contribution in [3.8, 4) is 0 Å². The average molecular weight is 428 g/mol. The van der Waals surface area contributed by atoms with E-state index >= 15 is 0 Å². The van der Waals surface area contributed by atoms with Crippen LogP contribution in [0.3, 0.4) is 0 Å². The molecule has 0 saturated carbocycles. The number of hydrogen-bond donors (Lipinski definition) is 1. The van der Waals surface area contributed by atoms with Gasteiger partial charge in [-0.2, -0.15) is 0 Å². The Morgan fingerprint density at radius 2 is 1.81 bits per heavy atom. The van der Waals surface area contributed by atoms with E-state index in [9.17, 15) is 9.59 Å². The van der Waals surface area contributed by atoms with Gasteiger partial charge in [0.15, 0.2) is 0 Å². The molecule has 0 spiro atoms. The maximum atomic E-state index is 13.2. The lowest BCUT2D eigenvalue weighted by Crippen LogP contribution is -2.26. The second-order valence-corrected chi connectivity index (χ2v) is 7.61. The smallest absolute Gasteiger partial charge is 0.339 e. The van der Waals surface area contributed by atoms with Crippen molar-refractivity contribution in [2.24, 2.45) is 0 Å². The highest BCUT2D eigenvalue weighted by Gasteiger charge is 2.26. The molecule has 0 saturated heterocycles. The molecular weight excluding hydrogens is 404 g/mol. The summed E-state index contributed by atoms with van der Waals surface area (Å²) >= 11 is 0. The molecule has 0 fully saturated rings. The fourth-order valence-corrected chi connectivity index (χ4v) is 3.48. The molecule has 0 unspecified atom stereocenters. The van der Waals surface area contributed by atoms with Crippen LogP contribution in [0, 0.1) is 13.8 Å². The Labute approximate surface area is 186 Å². The van der Waals surface area contributed by atoms with E-state index < -0.39 is 18.0 Å². The van der Waals surface area contributed by atoms with Gasteiger partial charge in [-0.05, 0) is 56.2 Å². The molecule has 0 aliphatic rings. The zero-order valence-corrected chi connectivity index (χ0v) is 18.2. The van der Waals surface area contributed by atoms with Gasteiger partial charge in [-0.25, -0.2) is 9.48 Å². The third kappa shape index (κ3) is 4.37. The summed E-state index contributed by atoms with van der Waals surface area (Å²) < 4.78 is 7.45. The molecule has 1 aromatic heterocycles. The number of amides is 1. The van der Waals surface area contributed by atoms with Gasteiger partial charge in [0, 0.05) is 17.8 Å². The number of benzene rings is 3. The number of fused-ring (bicyclic) bond motifs is 1. The van der Waals surface area contributed by atoms with Crippen LogP contribution in [-0.4, -0.2) is 26.9 Å². The quantitative estimate of drug-likeness (QED) is 0.454. The first-order valence-electron chi connectivity index (χ1n) is 10.4. The molecule has 162 valence electrons. The van der Waals surface area contributed by atoms with Crippen molar-refractivity contribution >= 4 is 28.6 Å². The predicted molar refractivity (Wildman–Crippen MR) is 122 cm³/mol. The van der Waals surface area contributed by atoms with Crippen LogP contribution in [0.15, 0.2) is 66.7 Å².